The lowest BCUT2D eigenvalue weighted by atomic mass is 10.1. The molecule has 0 fully saturated rings. The van der Waals surface area contributed by atoms with E-state index in [1.165, 1.54) is 10.9 Å². The minimum atomic E-state index is -0.744. The first kappa shape index (κ1) is 14.6. The molecule has 0 spiro atoms. The maximum absolute atomic E-state index is 10.9. The van der Waals surface area contributed by atoms with Crippen LogP contribution in [0.4, 0.5) is 0 Å². The molecule has 1 heterocycles. The van der Waals surface area contributed by atoms with Crippen molar-refractivity contribution in [2.24, 2.45) is 0 Å². The number of aryl methyl sites for hydroxylation is 1. The Morgan fingerprint density at radius 3 is 2.75 bits per heavy atom. The number of nitrogens with zero attached hydrogens (tertiary/aromatic N) is 1. The van der Waals surface area contributed by atoms with Crippen LogP contribution in [0.15, 0.2) is 24.3 Å². The first-order valence-corrected chi connectivity index (χ1v) is 7.05. The molecule has 4 nitrogen and oxygen atoms in total. The zero-order valence-electron chi connectivity index (χ0n) is 12.3. The van der Waals surface area contributed by atoms with Gasteiger partial charge < -0.3 is 10.1 Å². The number of carbonyl (C=O) groups is 1. The highest BCUT2D eigenvalue weighted by atomic mass is 16.4. The number of para-hydroxylation sites is 1. The highest BCUT2D eigenvalue weighted by molar-refractivity contribution is 5.84. The number of carboxylic acids is 1. The molecule has 2 rings (SSSR count). The Bertz CT molecular complexity index is 604. The topological polar surface area (TPSA) is 56.3 Å². The van der Waals surface area contributed by atoms with Gasteiger partial charge in [0, 0.05) is 29.2 Å². The molecule has 0 radical (unpaired) electrons. The van der Waals surface area contributed by atoms with Crippen LogP contribution in [0.25, 0.3) is 10.9 Å². The highest BCUT2D eigenvalue weighted by Crippen LogP contribution is 2.24. The van der Waals surface area contributed by atoms with E-state index < -0.39 is 5.97 Å². The van der Waals surface area contributed by atoms with Crippen LogP contribution in [-0.4, -0.2) is 33.5 Å². The summed E-state index contributed by atoms with van der Waals surface area (Å²) < 4.78 is 0. The van der Waals surface area contributed by atoms with Gasteiger partial charge in [0.15, 0.2) is 0 Å². The van der Waals surface area contributed by atoms with Crippen molar-refractivity contribution in [3.05, 3.63) is 35.5 Å². The fraction of sp³-hybridized carbons (Fsp3) is 0.438. The standard InChI is InChI=1S/C16H22N2O2/c1-4-18(11(2)9-16(19)20)10-14-12(3)17-15-8-6-5-7-13(14)15/h5-8,11,17H,4,9-10H2,1-3H3,(H,19,20). The lowest BCUT2D eigenvalue weighted by Crippen LogP contribution is -2.34. The summed E-state index contributed by atoms with van der Waals surface area (Å²) in [5.74, 6) is -0.744. The minimum Gasteiger partial charge on any atom is -0.481 e. The average molecular weight is 274 g/mol. The molecule has 0 amide bonds. The smallest absolute Gasteiger partial charge is 0.304 e. The van der Waals surface area contributed by atoms with Gasteiger partial charge in [-0.05, 0) is 32.0 Å². The third kappa shape index (κ3) is 3.02. The molecule has 0 aliphatic carbocycles. The van der Waals surface area contributed by atoms with E-state index in [-0.39, 0.29) is 12.5 Å². The number of aromatic amines is 1. The number of aromatic nitrogens is 1. The summed E-state index contributed by atoms with van der Waals surface area (Å²) in [6, 6.07) is 8.28. The largest absolute Gasteiger partial charge is 0.481 e. The van der Waals surface area contributed by atoms with E-state index in [9.17, 15) is 4.79 Å². The molecular formula is C16H22N2O2. The highest BCUT2D eigenvalue weighted by Gasteiger charge is 2.18. The van der Waals surface area contributed by atoms with Gasteiger partial charge >= 0.3 is 5.97 Å². The van der Waals surface area contributed by atoms with Crippen molar-refractivity contribution < 1.29 is 9.90 Å². The molecule has 20 heavy (non-hydrogen) atoms. The quantitative estimate of drug-likeness (QED) is 0.850. The van der Waals surface area contributed by atoms with E-state index in [2.05, 4.69) is 35.9 Å². The maximum Gasteiger partial charge on any atom is 0.304 e. The van der Waals surface area contributed by atoms with E-state index in [4.69, 9.17) is 5.11 Å². The number of benzene rings is 1. The van der Waals surface area contributed by atoms with Crippen molar-refractivity contribution in [2.45, 2.75) is 39.8 Å². The van der Waals surface area contributed by atoms with Crippen LogP contribution in [0.5, 0.6) is 0 Å². The van der Waals surface area contributed by atoms with Crippen molar-refractivity contribution in [1.82, 2.24) is 9.88 Å². The van der Waals surface area contributed by atoms with Gasteiger partial charge in [-0.3, -0.25) is 9.69 Å². The molecule has 1 aromatic heterocycles. The predicted octanol–water partition coefficient (Wildman–Crippen LogP) is 3.16. The Hall–Kier alpha value is -1.81. The van der Waals surface area contributed by atoms with Gasteiger partial charge in [0.05, 0.1) is 6.42 Å². The molecule has 0 bridgehead atoms. The normalized spacial score (nSPS) is 13.0. The number of rotatable bonds is 6. The number of aliphatic carboxylic acids is 1. The minimum absolute atomic E-state index is 0.0329. The number of hydrogen-bond acceptors (Lipinski definition) is 2. The predicted molar refractivity (Wildman–Crippen MR) is 80.8 cm³/mol. The van der Waals surface area contributed by atoms with Crippen molar-refractivity contribution in [3.8, 4) is 0 Å². The number of carboxylic acid groups (broad SMARTS) is 1. The van der Waals surface area contributed by atoms with Gasteiger partial charge in [-0.25, -0.2) is 0 Å². The first-order chi connectivity index (χ1) is 9.52. The van der Waals surface area contributed by atoms with Crippen molar-refractivity contribution in [3.63, 3.8) is 0 Å². The van der Waals surface area contributed by atoms with E-state index in [1.54, 1.807) is 0 Å². The van der Waals surface area contributed by atoms with Gasteiger partial charge in [0.25, 0.3) is 0 Å². The van der Waals surface area contributed by atoms with Crippen molar-refractivity contribution in [2.75, 3.05) is 6.54 Å². The molecule has 0 aliphatic rings. The number of nitrogens with one attached hydrogen (secondary N) is 1. The zero-order valence-corrected chi connectivity index (χ0v) is 12.3. The molecule has 2 N–H and O–H groups in total. The van der Waals surface area contributed by atoms with Crippen LogP contribution in [0, 0.1) is 6.92 Å². The van der Waals surface area contributed by atoms with Gasteiger partial charge in [-0.2, -0.15) is 0 Å². The Morgan fingerprint density at radius 2 is 2.10 bits per heavy atom. The number of hydrogen-bond donors (Lipinski definition) is 2. The fourth-order valence-corrected chi connectivity index (χ4v) is 2.70. The number of H-pyrrole nitrogens is 1. The third-order valence-electron chi connectivity index (χ3n) is 3.89. The Kier molecular flexibility index (Phi) is 4.45. The monoisotopic (exact) mass is 274 g/mol. The van der Waals surface area contributed by atoms with Crippen molar-refractivity contribution in [1.29, 1.82) is 0 Å². The second-order valence-corrected chi connectivity index (χ2v) is 5.28. The van der Waals surface area contributed by atoms with E-state index in [0.29, 0.717) is 0 Å². The average Bonchev–Trinajstić information content (AvgIpc) is 2.70. The molecule has 1 atom stereocenters. The van der Waals surface area contributed by atoms with Gasteiger partial charge in [0.1, 0.15) is 0 Å². The van der Waals surface area contributed by atoms with E-state index in [1.807, 2.05) is 19.1 Å². The molecule has 1 aromatic carbocycles. The van der Waals surface area contributed by atoms with Crippen molar-refractivity contribution >= 4 is 16.9 Å². The molecule has 108 valence electrons. The van der Waals surface area contributed by atoms with Crippen LogP contribution in [0.2, 0.25) is 0 Å². The molecule has 2 aromatic rings. The molecule has 0 saturated carbocycles. The van der Waals surface area contributed by atoms with E-state index >= 15 is 0 Å². The summed E-state index contributed by atoms with van der Waals surface area (Å²) in [5.41, 5.74) is 3.56. The van der Waals surface area contributed by atoms with Gasteiger partial charge in [-0.1, -0.05) is 25.1 Å². The van der Waals surface area contributed by atoms with Gasteiger partial charge in [-0.15, -0.1) is 0 Å². The molecule has 4 heteroatoms. The van der Waals surface area contributed by atoms with Crippen LogP contribution in [0.3, 0.4) is 0 Å². The summed E-state index contributed by atoms with van der Waals surface area (Å²) in [6.07, 6.45) is 0.176. The molecule has 1 unspecified atom stereocenters. The lowest BCUT2D eigenvalue weighted by molar-refractivity contribution is -0.138. The summed E-state index contributed by atoms with van der Waals surface area (Å²) in [5, 5.41) is 10.2. The summed E-state index contributed by atoms with van der Waals surface area (Å²) in [6.45, 7) is 7.74. The molecule has 0 saturated heterocycles. The van der Waals surface area contributed by atoms with E-state index in [0.717, 1.165) is 24.3 Å². The summed E-state index contributed by atoms with van der Waals surface area (Å²) >= 11 is 0. The van der Waals surface area contributed by atoms with Crippen LogP contribution in [0.1, 0.15) is 31.5 Å². The molecular weight excluding hydrogens is 252 g/mol. The van der Waals surface area contributed by atoms with Crippen LogP contribution >= 0.6 is 0 Å². The summed E-state index contributed by atoms with van der Waals surface area (Å²) in [7, 11) is 0. The Balaban J connectivity index is 2.25. The fourth-order valence-electron chi connectivity index (χ4n) is 2.70. The second kappa shape index (κ2) is 6.09. The maximum atomic E-state index is 10.9. The first-order valence-electron chi connectivity index (χ1n) is 7.05. The zero-order chi connectivity index (χ0) is 14.7. The van der Waals surface area contributed by atoms with Gasteiger partial charge in [0.2, 0.25) is 0 Å². The van der Waals surface area contributed by atoms with Crippen LogP contribution < -0.4 is 0 Å². The van der Waals surface area contributed by atoms with Crippen LogP contribution in [-0.2, 0) is 11.3 Å². The lowest BCUT2D eigenvalue weighted by Gasteiger charge is -2.26. The number of fused-ring (bicyclic) bond motifs is 1. The second-order valence-electron chi connectivity index (χ2n) is 5.28. The third-order valence-corrected chi connectivity index (χ3v) is 3.89. The SMILES string of the molecule is CCN(Cc1c(C)[nH]c2ccccc12)C(C)CC(=O)O. The molecule has 0 aliphatic heterocycles. The Morgan fingerprint density at radius 1 is 1.40 bits per heavy atom. The Labute approximate surface area is 119 Å². The summed E-state index contributed by atoms with van der Waals surface area (Å²) in [4.78, 5) is 16.5.